The van der Waals surface area contributed by atoms with Gasteiger partial charge >= 0.3 is 0 Å². The molecule has 0 atom stereocenters. The van der Waals surface area contributed by atoms with E-state index in [0.29, 0.717) is 27.7 Å². The van der Waals surface area contributed by atoms with Gasteiger partial charge in [-0.3, -0.25) is 0 Å². The van der Waals surface area contributed by atoms with E-state index in [0.717, 1.165) is 5.56 Å². The molecule has 0 spiro atoms. The summed E-state index contributed by atoms with van der Waals surface area (Å²) in [6.45, 7) is 4.70. The molecule has 0 aliphatic carbocycles. The summed E-state index contributed by atoms with van der Waals surface area (Å²) in [7, 11) is 0. The quantitative estimate of drug-likeness (QED) is 0.828. The van der Waals surface area contributed by atoms with Crippen LogP contribution in [-0.4, -0.2) is 11.2 Å². The van der Waals surface area contributed by atoms with Gasteiger partial charge in [-0.05, 0) is 43.8 Å². The molecule has 88 valence electrons. The molecule has 0 saturated heterocycles. The molecular formula is C11H14Cl2N2S. The average molecular weight is 277 g/mol. The van der Waals surface area contributed by atoms with Gasteiger partial charge in [-0.15, -0.1) is 0 Å². The van der Waals surface area contributed by atoms with Crippen molar-refractivity contribution in [3.8, 4) is 0 Å². The van der Waals surface area contributed by atoms with Gasteiger partial charge in [-0.1, -0.05) is 29.3 Å². The summed E-state index contributed by atoms with van der Waals surface area (Å²) < 4.78 is 0. The second-order valence-electron chi connectivity index (χ2n) is 3.73. The molecule has 0 unspecified atom stereocenters. The summed E-state index contributed by atoms with van der Waals surface area (Å²) in [5.74, 6) is 0. The Morgan fingerprint density at radius 3 is 2.56 bits per heavy atom. The summed E-state index contributed by atoms with van der Waals surface area (Å²) >= 11 is 16.8. The van der Waals surface area contributed by atoms with Crippen molar-refractivity contribution in [3.05, 3.63) is 33.8 Å². The van der Waals surface area contributed by atoms with E-state index in [-0.39, 0.29) is 0 Å². The first-order valence-electron chi connectivity index (χ1n) is 4.97. The van der Waals surface area contributed by atoms with E-state index in [9.17, 15) is 0 Å². The Morgan fingerprint density at radius 2 is 2.00 bits per heavy atom. The van der Waals surface area contributed by atoms with E-state index in [1.165, 1.54) is 0 Å². The van der Waals surface area contributed by atoms with Crippen LogP contribution in [0.4, 0.5) is 0 Å². The lowest BCUT2D eigenvalue weighted by Crippen LogP contribution is -2.38. The van der Waals surface area contributed by atoms with Crippen LogP contribution in [0.2, 0.25) is 10.0 Å². The second kappa shape index (κ2) is 6.28. The van der Waals surface area contributed by atoms with Crippen molar-refractivity contribution in [2.75, 3.05) is 0 Å². The van der Waals surface area contributed by atoms with Gasteiger partial charge in [-0.25, -0.2) is 0 Å². The third-order valence-corrected chi connectivity index (χ3v) is 2.86. The highest BCUT2D eigenvalue weighted by Gasteiger charge is 2.01. The van der Waals surface area contributed by atoms with E-state index < -0.39 is 0 Å². The van der Waals surface area contributed by atoms with Crippen molar-refractivity contribution in [2.45, 2.75) is 26.4 Å². The predicted molar refractivity (Wildman–Crippen MR) is 74.2 cm³/mol. The van der Waals surface area contributed by atoms with Crippen LogP contribution in [0.15, 0.2) is 18.2 Å². The van der Waals surface area contributed by atoms with Gasteiger partial charge in [-0.2, -0.15) is 0 Å². The molecule has 0 saturated carbocycles. The molecule has 0 aliphatic heterocycles. The maximum Gasteiger partial charge on any atom is 0.166 e. The van der Waals surface area contributed by atoms with E-state index in [1.54, 1.807) is 6.07 Å². The SMILES string of the molecule is CC(C)NC(=S)NCc1ccc(Cl)c(Cl)c1. The summed E-state index contributed by atoms with van der Waals surface area (Å²) in [6.07, 6.45) is 0. The third kappa shape index (κ3) is 4.56. The van der Waals surface area contributed by atoms with Crippen LogP contribution >= 0.6 is 35.4 Å². The minimum Gasteiger partial charge on any atom is -0.361 e. The van der Waals surface area contributed by atoms with Gasteiger partial charge in [0.1, 0.15) is 0 Å². The fourth-order valence-corrected chi connectivity index (χ4v) is 1.77. The van der Waals surface area contributed by atoms with Gasteiger partial charge in [0.2, 0.25) is 0 Å². The smallest absolute Gasteiger partial charge is 0.166 e. The van der Waals surface area contributed by atoms with Crippen LogP contribution in [0, 0.1) is 0 Å². The van der Waals surface area contributed by atoms with E-state index in [2.05, 4.69) is 10.6 Å². The minimum absolute atomic E-state index is 0.328. The van der Waals surface area contributed by atoms with E-state index >= 15 is 0 Å². The standard InChI is InChI=1S/C11H14Cl2N2S/c1-7(2)15-11(16)14-6-8-3-4-9(12)10(13)5-8/h3-5,7H,6H2,1-2H3,(H2,14,15,16). The number of benzene rings is 1. The number of hydrogen-bond donors (Lipinski definition) is 2. The Hall–Kier alpha value is -0.510. The zero-order valence-corrected chi connectivity index (χ0v) is 11.5. The zero-order chi connectivity index (χ0) is 12.1. The Labute approximate surface area is 111 Å². The van der Waals surface area contributed by atoms with Crippen molar-refractivity contribution >= 4 is 40.5 Å². The van der Waals surface area contributed by atoms with Crippen molar-refractivity contribution < 1.29 is 0 Å². The molecule has 0 fully saturated rings. The van der Waals surface area contributed by atoms with Crippen molar-refractivity contribution in [2.24, 2.45) is 0 Å². The number of hydrogen-bond acceptors (Lipinski definition) is 1. The van der Waals surface area contributed by atoms with Gasteiger partial charge in [0.15, 0.2) is 5.11 Å². The fraction of sp³-hybridized carbons (Fsp3) is 0.364. The largest absolute Gasteiger partial charge is 0.361 e. The average Bonchev–Trinajstić information content (AvgIpc) is 2.19. The Bertz CT molecular complexity index is 380. The highest BCUT2D eigenvalue weighted by molar-refractivity contribution is 7.80. The Kier molecular flexibility index (Phi) is 5.32. The number of rotatable bonds is 3. The van der Waals surface area contributed by atoms with E-state index in [1.807, 2.05) is 26.0 Å². The molecule has 16 heavy (non-hydrogen) atoms. The molecule has 2 nitrogen and oxygen atoms in total. The monoisotopic (exact) mass is 276 g/mol. The molecule has 5 heteroatoms. The van der Waals surface area contributed by atoms with E-state index in [4.69, 9.17) is 35.4 Å². The maximum absolute atomic E-state index is 5.91. The highest BCUT2D eigenvalue weighted by atomic mass is 35.5. The number of nitrogens with one attached hydrogen (secondary N) is 2. The molecule has 0 amide bonds. The maximum atomic E-state index is 5.91. The summed E-state index contributed by atoms with van der Waals surface area (Å²) in [5, 5.41) is 7.96. The van der Waals surface area contributed by atoms with Crippen LogP contribution in [0.5, 0.6) is 0 Å². The number of halogens is 2. The minimum atomic E-state index is 0.328. The summed E-state index contributed by atoms with van der Waals surface area (Å²) in [4.78, 5) is 0. The third-order valence-electron chi connectivity index (χ3n) is 1.86. The molecule has 1 rings (SSSR count). The molecule has 2 N–H and O–H groups in total. The van der Waals surface area contributed by atoms with Crippen LogP contribution in [0.25, 0.3) is 0 Å². The highest BCUT2D eigenvalue weighted by Crippen LogP contribution is 2.22. The van der Waals surface area contributed by atoms with Crippen molar-refractivity contribution in [1.29, 1.82) is 0 Å². The zero-order valence-electron chi connectivity index (χ0n) is 9.18. The second-order valence-corrected chi connectivity index (χ2v) is 4.95. The lowest BCUT2D eigenvalue weighted by molar-refractivity contribution is 0.712. The van der Waals surface area contributed by atoms with Gasteiger partial charge in [0.25, 0.3) is 0 Å². The Morgan fingerprint density at radius 1 is 1.31 bits per heavy atom. The molecule has 0 heterocycles. The molecular weight excluding hydrogens is 263 g/mol. The molecule has 1 aromatic carbocycles. The molecule has 0 aromatic heterocycles. The topological polar surface area (TPSA) is 24.1 Å². The first-order chi connectivity index (χ1) is 7.49. The molecule has 0 aliphatic rings. The lowest BCUT2D eigenvalue weighted by Gasteiger charge is -2.13. The van der Waals surface area contributed by atoms with Gasteiger partial charge in [0, 0.05) is 12.6 Å². The van der Waals surface area contributed by atoms with Crippen LogP contribution in [-0.2, 0) is 6.54 Å². The van der Waals surface area contributed by atoms with Gasteiger partial charge < -0.3 is 10.6 Å². The first kappa shape index (κ1) is 13.6. The lowest BCUT2D eigenvalue weighted by atomic mass is 10.2. The molecule has 0 bridgehead atoms. The molecule has 0 radical (unpaired) electrons. The van der Waals surface area contributed by atoms with Crippen molar-refractivity contribution in [3.63, 3.8) is 0 Å². The number of thiocarbonyl (C=S) groups is 1. The fourth-order valence-electron chi connectivity index (χ4n) is 1.15. The first-order valence-corrected chi connectivity index (χ1v) is 6.13. The normalized spacial score (nSPS) is 10.3. The summed E-state index contributed by atoms with van der Waals surface area (Å²) in [5.41, 5.74) is 1.04. The van der Waals surface area contributed by atoms with Crippen LogP contribution < -0.4 is 10.6 Å². The predicted octanol–water partition coefficient (Wildman–Crippen LogP) is 3.37. The Balaban J connectivity index is 2.48. The van der Waals surface area contributed by atoms with Crippen LogP contribution in [0.3, 0.4) is 0 Å². The summed E-state index contributed by atoms with van der Waals surface area (Å²) in [6, 6.07) is 5.85. The van der Waals surface area contributed by atoms with Crippen LogP contribution in [0.1, 0.15) is 19.4 Å². The van der Waals surface area contributed by atoms with Gasteiger partial charge in [0.05, 0.1) is 10.0 Å². The molecule has 1 aromatic rings. The van der Waals surface area contributed by atoms with Crippen molar-refractivity contribution in [1.82, 2.24) is 10.6 Å².